The molecule has 1 saturated heterocycles. The van der Waals surface area contributed by atoms with E-state index in [0.29, 0.717) is 0 Å². The highest BCUT2D eigenvalue weighted by atomic mass is 16.4. The van der Waals surface area contributed by atoms with Crippen molar-refractivity contribution in [3.63, 3.8) is 0 Å². The molecule has 2 N–H and O–H groups in total. The zero-order valence-electron chi connectivity index (χ0n) is 19.9. The molecule has 0 unspecified atom stereocenters. The van der Waals surface area contributed by atoms with Crippen LogP contribution in [0.3, 0.4) is 0 Å². The summed E-state index contributed by atoms with van der Waals surface area (Å²) >= 11 is 0. The minimum atomic E-state index is -1.82. The lowest BCUT2D eigenvalue weighted by molar-refractivity contribution is -0.159. The summed E-state index contributed by atoms with van der Waals surface area (Å²) in [4.78, 5) is 25.8. The molecule has 4 rings (SSSR count). The van der Waals surface area contributed by atoms with Crippen molar-refractivity contribution in [1.82, 2.24) is 9.80 Å². The Labute approximate surface area is 206 Å². The first-order valence-electron chi connectivity index (χ1n) is 11.9. The summed E-state index contributed by atoms with van der Waals surface area (Å²) in [7, 11) is 0. The molecule has 7 heteroatoms. The van der Waals surface area contributed by atoms with E-state index in [1.165, 1.54) is 36.4 Å². The lowest BCUT2D eigenvalue weighted by Crippen LogP contribution is -2.46. The van der Waals surface area contributed by atoms with Crippen LogP contribution in [0.1, 0.15) is 12.0 Å². The largest absolute Gasteiger partial charge is 0.473 e. The molecule has 0 amide bonds. The van der Waals surface area contributed by atoms with Crippen molar-refractivity contribution >= 4 is 23.3 Å². The maximum Gasteiger partial charge on any atom is 0.414 e. The van der Waals surface area contributed by atoms with Gasteiger partial charge in [-0.25, -0.2) is 9.59 Å². The summed E-state index contributed by atoms with van der Waals surface area (Å²) in [5.74, 6) is -3.65. The van der Waals surface area contributed by atoms with E-state index in [1.807, 2.05) is 0 Å². The third-order valence-corrected chi connectivity index (χ3v) is 5.89. The fourth-order valence-electron chi connectivity index (χ4n) is 4.09. The van der Waals surface area contributed by atoms with Gasteiger partial charge in [0.25, 0.3) is 0 Å². The number of hydrogen-bond donors (Lipinski definition) is 2. The summed E-state index contributed by atoms with van der Waals surface area (Å²) in [6.45, 7) is 7.94. The average molecular weight is 476 g/mol. The van der Waals surface area contributed by atoms with Crippen LogP contribution in [0.5, 0.6) is 0 Å². The molecule has 35 heavy (non-hydrogen) atoms. The number of aliphatic carboxylic acids is 2. The van der Waals surface area contributed by atoms with Gasteiger partial charge in [-0.1, -0.05) is 66.7 Å². The summed E-state index contributed by atoms with van der Waals surface area (Å²) in [5.41, 5.74) is 3.96. The number of para-hydroxylation sites is 2. The second-order valence-corrected chi connectivity index (χ2v) is 8.39. The van der Waals surface area contributed by atoms with Gasteiger partial charge in [0.15, 0.2) is 0 Å². The smallest absolute Gasteiger partial charge is 0.414 e. The van der Waals surface area contributed by atoms with Crippen molar-refractivity contribution in [3.05, 3.63) is 96.6 Å². The monoisotopic (exact) mass is 475 g/mol. The molecule has 0 atom stereocenters. The van der Waals surface area contributed by atoms with Crippen molar-refractivity contribution in [2.75, 3.05) is 44.2 Å². The van der Waals surface area contributed by atoms with E-state index in [1.54, 1.807) is 0 Å². The molecule has 1 aliphatic rings. The van der Waals surface area contributed by atoms with E-state index >= 15 is 0 Å². The second-order valence-electron chi connectivity index (χ2n) is 8.39. The van der Waals surface area contributed by atoms with Crippen molar-refractivity contribution in [2.24, 2.45) is 0 Å². The van der Waals surface area contributed by atoms with Crippen molar-refractivity contribution in [3.8, 4) is 0 Å². The van der Waals surface area contributed by atoms with Crippen LogP contribution in [0.4, 0.5) is 11.4 Å². The lowest BCUT2D eigenvalue weighted by atomic mass is 10.2. The van der Waals surface area contributed by atoms with Crippen LogP contribution in [0, 0.1) is 0 Å². The number of anilines is 2. The van der Waals surface area contributed by atoms with E-state index in [4.69, 9.17) is 19.8 Å². The van der Waals surface area contributed by atoms with Crippen LogP contribution in [0.2, 0.25) is 0 Å². The fourth-order valence-corrected chi connectivity index (χ4v) is 4.09. The van der Waals surface area contributed by atoms with Crippen LogP contribution in [-0.4, -0.2) is 71.2 Å². The predicted octanol–water partition coefficient (Wildman–Crippen LogP) is 4.19. The SMILES string of the molecule is O=C(O)C(=O)O.c1ccc(CN2CCN(CCCN(c3ccccc3)c3ccccc3)CC2)cc1. The Hall–Kier alpha value is -3.68. The van der Waals surface area contributed by atoms with E-state index in [0.717, 1.165) is 32.7 Å². The molecule has 0 saturated carbocycles. The number of hydrogen-bond acceptors (Lipinski definition) is 5. The van der Waals surface area contributed by atoms with Crippen molar-refractivity contribution in [2.45, 2.75) is 13.0 Å². The minimum absolute atomic E-state index is 1.04. The fraction of sp³-hybridized carbons (Fsp3) is 0.286. The Bertz CT molecular complexity index is 972. The Kier molecular flexibility index (Phi) is 10.3. The quantitative estimate of drug-likeness (QED) is 0.473. The van der Waals surface area contributed by atoms with Crippen molar-refractivity contribution < 1.29 is 19.8 Å². The Balaban J connectivity index is 0.000000509. The van der Waals surface area contributed by atoms with Gasteiger partial charge in [0, 0.05) is 50.6 Å². The molecular weight excluding hydrogens is 442 g/mol. The number of carboxylic acid groups (broad SMARTS) is 2. The first kappa shape index (κ1) is 25.9. The van der Waals surface area contributed by atoms with Gasteiger partial charge in [-0.2, -0.15) is 0 Å². The van der Waals surface area contributed by atoms with Gasteiger partial charge < -0.3 is 20.0 Å². The summed E-state index contributed by atoms with van der Waals surface area (Å²) < 4.78 is 0. The molecule has 7 nitrogen and oxygen atoms in total. The molecule has 0 aromatic heterocycles. The number of carboxylic acids is 2. The van der Waals surface area contributed by atoms with Crippen LogP contribution in [-0.2, 0) is 16.1 Å². The van der Waals surface area contributed by atoms with E-state index in [2.05, 4.69) is 106 Å². The van der Waals surface area contributed by atoms with Crippen LogP contribution in [0.15, 0.2) is 91.0 Å². The van der Waals surface area contributed by atoms with E-state index in [-0.39, 0.29) is 0 Å². The average Bonchev–Trinajstić information content (AvgIpc) is 2.89. The van der Waals surface area contributed by atoms with Crippen LogP contribution < -0.4 is 4.90 Å². The molecule has 3 aromatic rings. The standard InChI is InChI=1S/C26H31N3.C2H2O4/c1-4-11-24(12-5-1)23-28-21-19-27(20-22-28)17-10-18-29(25-13-6-2-7-14-25)26-15-8-3-9-16-26;3-1(4)2(5)6/h1-9,11-16H,10,17-23H2;(H,3,4)(H,5,6). The zero-order valence-corrected chi connectivity index (χ0v) is 19.9. The highest BCUT2D eigenvalue weighted by Gasteiger charge is 2.17. The Morgan fingerprint density at radius 1 is 0.657 bits per heavy atom. The molecule has 184 valence electrons. The van der Waals surface area contributed by atoms with Gasteiger partial charge in [0.1, 0.15) is 0 Å². The molecule has 1 aliphatic heterocycles. The normalized spacial score (nSPS) is 13.9. The minimum Gasteiger partial charge on any atom is -0.473 e. The highest BCUT2D eigenvalue weighted by molar-refractivity contribution is 6.27. The highest BCUT2D eigenvalue weighted by Crippen LogP contribution is 2.25. The van der Waals surface area contributed by atoms with Crippen molar-refractivity contribution in [1.29, 1.82) is 0 Å². The predicted molar refractivity (Wildman–Crippen MR) is 138 cm³/mol. The summed E-state index contributed by atoms with van der Waals surface area (Å²) in [6.07, 6.45) is 1.17. The maximum absolute atomic E-state index is 9.10. The number of nitrogens with zero attached hydrogens (tertiary/aromatic N) is 3. The number of benzene rings is 3. The third kappa shape index (κ3) is 8.88. The van der Waals surface area contributed by atoms with E-state index < -0.39 is 11.9 Å². The summed E-state index contributed by atoms with van der Waals surface area (Å²) in [6, 6.07) is 32.3. The third-order valence-electron chi connectivity index (χ3n) is 5.89. The Morgan fingerprint density at radius 3 is 1.54 bits per heavy atom. The van der Waals surface area contributed by atoms with Crippen LogP contribution in [0.25, 0.3) is 0 Å². The molecular formula is C28H33N3O4. The maximum atomic E-state index is 9.10. The number of carbonyl (C=O) groups is 2. The molecule has 1 heterocycles. The van der Waals surface area contributed by atoms with Gasteiger partial charge in [0.2, 0.25) is 0 Å². The number of piperazine rings is 1. The van der Waals surface area contributed by atoms with Gasteiger partial charge in [-0.15, -0.1) is 0 Å². The zero-order chi connectivity index (χ0) is 24.9. The molecule has 0 spiro atoms. The summed E-state index contributed by atoms with van der Waals surface area (Å²) in [5, 5.41) is 14.8. The Morgan fingerprint density at radius 2 is 1.09 bits per heavy atom. The first-order valence-corrected chi connectivity index (χ1v) is 11.9. The van der Waals surface area contributed by atoms with Gasteiger partial charge in [-0.05, 0) is 42.8 Å². The van der Waals surface area contributed by atoms with Gasteiger partial charge in [-0.3, -0.25) is 4.90 Å². The molecule has 3 aromatic carbocycles. The van der Waals surface area contributed by atoms with Gasteiger partial charge in [0.05, 0.1) is 0 Å². The topological polar surface area (TPSA) is 84.3 Å². The first-order chi connectivity index (χ1) is 17.0. The molecule has 0 radical (unpaired) electrons. The number of rotatable bonds is 8. The van der Waals surface area contributed by atoms with Gasteiger partial charge >= 0.3 is 11.9 Å². The van der Waals surface area contributed by atoms with E-state index in [9.17, 15) is 0 Å². The van der Waals surface area contributed by atoms with Crippen LogP contribution >= 0.6 is 0 Å². The second kappa shape index (κ2) is 13.9. The molecule has 1 fully saturated rings. The molecule has 0 bridgehead atoms. The molecule has 0 aliphatic carbocycles. The lowest BCUT2D eigenvalue weighted by Gasteiger charge is -2.35.